The number of benzene rings is 6. The van der Waals surface area contributed by atoms with E-state index in [4.69, 9.17) is 0 Å². The third-order valence-corrected chi connectivity index (χ3v) is 16.2. The number of allylic oxidation sites excluding steroid dienone is 2. The summed E-state index contributed by atoms with van der Waals surface area (Å²) in [5.41, 5.74) is 14.0. The molecule has 0 atom stereocenters. The van der Waals surface area contributed by atoms with Crippen LogP contribution in [0.15, 0.2) is 158 Å². The smallest absolute Gasteiger partial charge is 0.0623 e. The van der Waals surface area contributed by atoms with E-state index in [1.165, 1.54) is 76.4 Å². The van der Waals surface area contributed by atoms with Crippen molar-refractivity contribution < 1.29 is 0 Å². The zero-order valence-electron chi connectivity index (χ0n) is 32.8. The second-order valence-corrected chi connectivity index (χ2v) is 19.6. The molecule has 0 saturated heterocycles. The van der Waals surface area contributed by atoms with E-state index < -0.39 is 8.07 Å². The van der Waals surface area contributed by atoms with Crippen molar-refractivity contribution in [2.45, 2.75) is 79.1 Å². The molecule has 266 valence electrons. The quantitative estimate of drug-likeness (QED) is 0.124. The van der Waals surface area contributed by atoms with Gasteiger partial charge in [-0.15, -0.1) is 0 Å². The molecule has 0 unspecified atom stereocenters. The minimum atomic E-state index is -3.13. The Morgan fingerprint density at radius 3 is 1.02 bits per heavy atom. The second-order valence-electron chi connectivity index (χ2n) is 16.0. The number of hydrogen-bond donors (Lipinski definition) is 0. The lowest BCUT2D eigenvalue weighted by atomic mass is 9.79. The predicted octanol–water partition coefficient (Wildman–Crippen LogP) is 13.1. The molecule has 53 heavy (non-hydrogen) atoms. The lowest BCUT2D eigenvalue weighted by Crippen LogP contribution is -2.60. The first-order chi connectivity index (χ1) is 25.7. The minimum absolute atomic E-state index is 0.338. The lowest BCUT2D eigenvalue weighted by Gasteiger charge is -2.38. The molecule has 0 N–H and O–H groups in total. The molecule has 1 aliphatic heterocycles. The van der Waals surface area contributed by atoms with Crippen molar-refractivity contribution in [2.24, 2.45) is 0 Å². The zero-order chi connectivity index (χ0) is 37.3. The first-order valence-corrected chi connectivity index (χ1v) is 21.7. The van der Waals surface area contributed by atoms with Gasteiger partial charge >= 0.3 is 0 Å². The lowest BCUT2D eigenvalue weighted by molar-refractivity contribution is 0.828. The van der Waals surface area contributed by atoms with Gasteiger partial charge in [0, 0.05) is 0 Å². The summed E-state index contributed by atoms with van der Waals surface area (Å²) in [5.74, 6) is 1.36. The average molecular weight is 707 g/mol. The highest BCUT2D eigenvalue weighted by molar-refractivity contribution is 7.29. The highest BCUT2D eigenvalue weighted by atomic mass is 28.3. The number of hydrogen-bond acceptors (Lipinski definition) is 0. The second kappa shape index (κ2) is 15.2. The van der Waals surface area contributed by atoms with Gasteiger partial charge in [-0.2, -0.15) is 0 Å². The molecule has 0 fully saturated rings. The van der Waals surface area contributed by atoms with Gasteiger partial charge in [0.15, 0.2) is 8.07 Å². The van der Waals surface area contributed by atoms with Gasteiger partial charge in [-0.25, -0.2) is 0 Å². The molecule has 0 spiro atoms. The zero-order valence-corrected chi connectivity index (χ0v) is 33.8. The van der Waals surface area contributed by atoms with E-state index in [1.807, 2.05) is 0 Å². The van der Waals surface area contributed by atoms with Crippen LogP contribution < -0.4 is 10.4 Å². The fourth-order valence-electron chi connectivity index (χ4n) is 8.97. The van der Waals surface area contributed by atoms with Crippen molar-refractivity contribution in [3.63, 3.8) is 0 Å². The van der Waals surface area contributed by atoms with Crippen LogP contribution in [0.5, 0.6) is 0 Å². The summed E-state index contributed by atoms with van der Waals surface area (Å²) in [7, 11) is -3.13. The van der Waals surface area contributed by atoms with Crippen LogP contribution >= 0.6 is 0 Å². The Labute approximate surface area is 320 Å². The largest absolute Gasteiger partial charge is 0.182 e. The molecule has 0 nitrogen and oxygen atoms in total. The van der Waals surface area contributed by atoms with Crippen LogP contribution in [0.1, 0.15) is 124 Å². The Bertz CT molecular complexity index is 2160. The minimum Gasteiger partial charge on any atom is -0.0623 e. The SMILES string of the molecule is CC(C)c1cccc(C(C)C)c1C1=C(c2ccccc2)[Si](c2ccccc2)(c2ccccc2)C(c2c(C(C)C)cccc2C(C)C)=C1c1ccccc1. The Hall–Kier alpha value is -4.98. The van der Waals surface area contributed by atoms with Crippen molar-refractivity contribution in [2.75, 3.05) is 0 Å². The molecule has 6 aromatic carbocycles. The van der Waals surface area contributed by atoms with E-state index in [1.54, 1.807) is 0 Å². The van der Waals surface area contributed by atoms with E-state index in [-0.39, 0.29) is 0 Å². The van der Waals surface area contributed by atoms with Gasteiger partial charge in [-0.1, -0.05) is 213 Å². The summed E-state index contributed by atoms with van der Waals surface area (Å²) in [6.07, 6.45) is 0. The Kier molecular flexibility index (Phi) is 10.4. The first kappa shape index (κ1) is 36.4. The van der Waals surface area contributed by atoms with Crippen LogP contribution in [-0.4, -0.2) is 8.07 Å². The molecule has 6 aromatic rings. The molecular formula is C52H54Si. The maximum atomic E-state index is 2.44. The van der Waals surface area contributed by atoms with Crippen LogP contribution in [0, 0.1) is 0 Å². The summed E-state index contributed by atoms with van der Waals surface area (Å²) in [6, 6.07) is 60.3. The molecule has 1 aliphatic rings. The van der Waals surface area contributed by atoms with Gasteiger partial charge < -0.3 is 0 Å². The molecule has 1 heterocycles. The van der Waals surface area contributed by atoms with E-state index in [0.29, 0.717) is 23.7 Å². The Balaban J connectivity index is 1.89. The topological polar surface area (TPSA) is 0 Å². The van der Waals surface area contributed by atoms with Gasteiger partial charge in [-0.05, 0) is 100 Å². The molecule has 0 aromatic heterocycles. The summed E-state index contributed by atoms with van der Waals surface area (Å²) >= 11 is 0. The van der Waals surface area contributed by atoms with Crippen molar-refractivity contribution in [3.05, 3.63) is 202 Å². The highest BCUT2D eigenvalue weighted by Gasteiger charge is 2.54. The first-order valence-electron chi connectivity index (χ1n) is 19.7. The summed E-state index contributed by atoms with van der Waals surface area (Å²) < 4.78 is 0. The average Bonchev–Trinajstić information content (AvgIpc) is 3.50. The third kappa shape index (κ3) is 6.30. The van der Waals surface area contributed by atoms with Crippen LogP contribution in [0.25, 0.3) is 21.5 Å². The van der Waals surface area contributed by atoms with Crippen LogP contribution in [0.4, 0.5) is 0 Å². The van der Waals surface area contributed by atoms with E-state index in [9.17, 15) is 0 Å². The molecule has 0 aliphatic carbocycles. The molecule has 0 amide bonds. The van der Waals surface area contributed by atoms with Gasteiger partial charge in [0.05, 0.1) is 0 Å². The molecule has 7 rings (SSSR count). The summed E-state index contributed by atoms with van der Waals surface area (Å²) in [6.45, 7) is 19.0. The normalized spacial score (nSPS) is 14.3. The monoisotopic (exact) mass is 706 g/mol. The highest BCUT2D eigenvalue weighted by Crippen LogP contribution is 2.58. The van der Waals surface area contributed by atoms with Crippen LogP contribution in [0.2, 0.25) is 0 Å². The Morgan fingerprint density at radius 1 is 0.302 bits per heavy atom. The van der Waals surface area contributed by atoms with Gasteiger partial charge in [0.2, 0.25) is 0 Å². The fraction of sp³-hybridized carbons (Fsp3) is 0.231. The fourth-order valence-corrected chi connectivity index (χ4v) is 14.6. The van der Waals surface area contributed by atoms with Crippen molar-refractivity contribution in [1.82, 2.24) is 0 Å². The molecule has 0 radical (unpaired) electrons. The Morgan fingerprint density at radius 2 is 0.642 bits per heavy atom. The molecular weight excluding hydrogens is 653 g/mol. The van der Waals surface area contributed by atoms with E-state index in [0.717, 1.165) is 0 Å². The maximum Gasteiger partial charge on any atom is 0.182 e. The van der Waals surface area contributed by atoms with Crippen molar-refractivity contribution >= 4 is 40.0 Å². The third-order valence-electron chi connectivity index (χ3n) is 11.3. The number of rotatable bonds is 10. The standard InChI is InChI=1S/C52H54Si/c1-35(2)43-31-21-32-44(36(3)4)48(43)50-47(39-23-13-9-14-24-39)52(49-45(37(5)6)33-22-34-46(49)38(7)8)53(41-27-17-11-18-28-41,42-29-19-12-20-30-42)51(50)40-25-15-10-16-26-40/h9-38H,1-8H3. The van der Waals surface area contributed by atoms with Crippen molar-refractivity contribution in [3.8, 4) is 0 Å². The molecule has 1 heteroatoms. The van der Waals surface area contributed by atoms with E-state index >= 15 is 0 Å². The van der Waals surface area contributed by atoms with Gasteiger partial charge in [-0.3, -0.25) is 0 Å². The maximum absolute atomic E-state index is 3.13. The predicted molar refractivity (Wildman–Crippen MR) is 234 cm³/mol. The summed E-state index contributed by atoms with van der Waals surface area (Å²) in [4.78, 5) is 0. The molecule has 0 bridgehead atoms. The van der Waals surface area contributed by atoms with Gasteiger partial charge in [0.1, 0.15) is 0 Å². The van der Waals surface area contributed by atoms with Crippen molar-refractivity contribution in [1.29, 1.82) is 0 Å². The molecule has 0 saturated carbocycles. The van der Waals surface area contributed by atoms with Crippen LogP contribution in [0.3, 0.4) is 0 Å². The summed E-state index contributed by atoms with van der Waals surface area (Å²) in [5, 5.41) is 5.86. The van der Waals surface area contributed by atoms with Crippen LogP contribution in [-0.2, 0) is 0 Å². The van der Waals surface area contributed by atoms with Gasteiger partial charge in [0.25, 0.3) is 0 Å². The van der Waals surface area contributed by atoms with E-state index in [2.05, 4.69) is 213 Å².